The van der Waals surface area contributed by atoms with E-state index in [9.17, 15) is 4.79 Å². The van der Waals surface area contributed by atoms with E-state index in [1.807, 2.05) is 38.2 Å². The molecule has 1 aliphatic rings. The van der Waals surface area contributed by atoms with E-state index >= 15 is 0 Å². The second kappa shape index (κ2) is 7.62. The standard InChI is InChI=1S/C17H24N6O2/c1-11-5-3-4-6-12(11)13(20-17(18)24)9-15-21-16(22-25-15)14-10-19-7-8-23(14)2/h3-6,13-14,19H,7-10H2,1-2H3,(H3,18,20,24). The molecule has 0 saturated carbocycles. The third-order valence-corrected chi connectivity index (χ3v) is 4.55. The number of nitrogens with two attached hydrogens (primary N) is 1. The molecule has 1 saturated heterocycles. The van der Waals surface area contributed by atoms with Gasteiger partial charge in [-0.15, -0.1) is 0 Å². The van der Waals surface area contributed by atoms with Crippen molar-refractivity contribution in [2.45, 2.75) is 25.4 Å². The summed E-state index contributed by atoms with van der Waals surface area (Å²) in [5.74, 6) is 1.14. The van der Waals surface area contributed by atoms with Gasteiger partial charge in [0.25, 0.3) is 0 Å². The quantitative estimate of drug-likeness (QED) is 0.744. The van der Waals surface area contributed by atoms with Crippen molar-refractivity contribution in [3.05, 3.63) is 47.1 Å². The van der Waals surface area contributed by atoms with Crippen molar-refractivity contribution in [2.24, 2.45) is 5.73 Å². The molecule has 4 N–H and O–H groups in total. The van der Waals surface area contributed by atoms with Crippen molar-refractivity contribution in [3.63, 3.8) is 0 Å². The number of piperazine rings is 1. The van der Waals surface area contributed by atoms with Gasteiger partial charge < -0.3 is 20.9 Å². The summed E-state index contributed by atoms with van der Waals surface area (Å²) in [7, 11) is 2.05. The molecule has 25 heavy (non-hydrogen) atoms. The maximum atomic E-state index is 11.4. The van der Waals surface area contributed by atoms with Gasteiger partial charge in [0.1, 0.15) is 0 Å². The van der Waals surface area contributed by atoms with E-state index in [2.05, 4.69) is 25.7 Å². The van der Waals surface area contributed by atoms with Gasteiger partial charge in [0.2, 0.25) is 5.89 Å². The third kappa shape index (κ3) is 4.15. The molecule has 1 aromatic carbocycles. The fourth-order valence-electron chi connectivity index (χ4n) is 3.14. The largest absolute Gasteiger partial charge is 0.352 e. The van der Waals surface area contributed by atoms with Crippen LogP contribution >= 0.6 is 0 Å². The van der Waals surface area contributed by atoms with Crippen LogP contribution in [-0.2, 0) is 6.42 Å². The number of urea groups is 1. The molecular formula is C17H24N6O2. The molecule has 0 aliphatic carbocycles. The number of aromatic nitrogens is 2. The number of carbonyl (C=O) groups is 1. The van der Waals surface area contributed by atoms with Crippen LogP contribution in [-0.4, -0.2) is 47.8 Å². The number of primary amides is 1. The van der Waals surface area contributed by atoms with Crippen molar-refractivity contribution in [2.75, 3.05) is 26.7 Å². The lowest BCUT2D eigenvalue weighted by Gasteiger charge is -2.30. The molecule has 1 aliphatic heterocycles. The lowest BCUT2D eigenvalue weighted by Crippen LogP contribution is -2.44. The maximum absolute atomic E-state index is 11.4. The molecular weight excluding hydrogens is 320 g/mol. The first kappa shape index (κ1) is 17.4. The SMILES string of the molecule is Cc1ccccc1C(Cc1nc(C2CNCCN2C)no1)NC(N)=O. The summed E-state index contributed by atoms with van der Waals surface area (Å²) in [6.45, 7) is 4.67. The van der Waals surface area contributed by atoms with Gasteiger partial charge >= 0.3 is 6.03 Å². The average molecular weight is 344 g/mol. The fourth-order valence-corrected chi connectivity index (χ4v) is 3.14. The van der Waals surface area contributed by atoms with E-state index < -0.39 is 6.03 Å². The smallest absolute Gasteiger partial charge is 0.312 e. The highest BCUT2D eigenvalue weighted by Gasteiger charge is 2.26. The van der Waals surface area contributed by atoms with E-state index in [1.54, 1.807) is 0 Å². The van der Waals surface area contributed by atoms with E-state index in [-0.39, 0.29) is 12.1 Å². The number of nitrogens with one attached hydrogen (secondary N) is 2. The van der Waals surface area contributed by atoms with Crippen LogP contribution in [0.5, 0.6) is 0 Å². The number of hydrogen-bond acceptors (Lipinski definition) is 6. The van der Waals surface area contributed by atoms with Crippen LogP contribution < -0.4 is 16.4 Å². The minimum atomic E-state index is -0.579. The van der Waals surface area contributed by atoms with Gasteiger partial charge in [-0.25, -0.2) is 4.79 Å². The topological polar surface area (TPSA) is 109 Å². The van der Waals surface area contributed by atoms with Crippen molar-refractivity contribution < 1.29 is 9.32 Å². The van der Waals surface area contributed by atoms with Crippen LogP contribution in [0.3, 0.4) is 0 Å². The van der Waals surface area contributed by atoms with E-state index in [1.165, 1.54) is 0 Å². The number of amides is 2. The first-order chi connectivity index (χ1) is 12.0. The van der Waals surface area contributed by atoms with Crippen LogP contribution in [0.4, 0.5) is 4.79 Å². The molecule has 8 nitrogen and oxygen atoms in total. The van der Waals surface area contributed by atoms with Crippen molar-refractivity contribution in [3.8, 4) is 0 Å². The number of carbonyl (C=O) groups excluding carboxylic acids is 1. The van der Waals surface area contributed by atoms with Crippen LogP contribution in [0.2, 0.25) is 0 Å². The molecule has 2 amide bonds. The van der Waals surface area contributed by atoms with Crippen molar-refractivity contribution >= 4 is 6.03 Å². The van der Waals surface area contributed by atoms with Crippen LogP contribution in [0.25, 0.3) is 0 Å². The average Bonchev–Trinajstić information content (AvgIpc) is 3.03. The highest BCUT2D eigenvalue weighted by atomic mass is 16.5. The Kier molecular flexibility index (Phi) is 5.30. The lowest BCUT2D eigenvalue weighted by atomic mass is 9.99. The summed E-state index contributed by atoms with van der Waals surface area (Å²) in [6, 6.07) is 7.04. The Bertz CT molecular complexity index is 731. The van der Waals surface area contributed by atoms with Gasteiger partial charge in [-0.3, -0.25) is 4.90 Å². The van der Waals surface area contributed by atoms with E-state index in [4.69, 9.17) is 10.3 Å². The number of hydrogen-bond donors (Lipinski definition) is 3. The van der Waals surface area contributed by atoms with Gasteiger partial charge in [0.05, 0.1) is 18.5 Å². The highest BCUT2D eigenvalue weighted by Crippen LogP contribution is 2.23. The molecule has 2 aromatic rings. The molecule has 134 valence electrons. The summed E-state index contributed by atoms with van der Waals surface area (Å²) < 4.78 is 5.43. The van der Waals surface area contributed by atoms with Gasteiger partial charge in [0, 0.05) is 19.6 Å². The number of rotatable bonds is 5. The number of benzene rings is 1. The Morgan fingerprint density at radius 3 is 3.04 bits per heavy atom. The molecule has 8 heteroatoms. The molecule has 0 radical (unpaired) electrons. The molecule has 2 atom stereocenters. The van der Waals surface area contributed by atoms with Crippen molar-refractivity contribution in [1.29, 1.82) is 0 Å². The highest BCUT2D eigenvalue weighted by molar-refractivity contribution is 5.72. The molecule has 2 unspecified atom stereocenters. The minimum absolute atomic E-state index is 0.0901. The Morgan fingerprint density at radius 1 is 1.52 bits per heavy atom. The monoisotopic (exact) mass is 344 g/mol. The maximum Gasteiger partial charge on any atom is 0.312 e. The summed E-state index contributed by atoms with van der Waals surface area (Å²) in [5, 5.41) is 10.2. The molecule has 0 bridgehead atoms. The Labute approximate surface area is 146 Å². The van der Waals surface area contributed by atoms with Gasteiger partial charge in [-0.05, 0) is 25.1 Å². The third-order valence-electron chi connectivity index (χ3n) is 4.55. The summed E-state index contributed by atoms with van der Waals surface area (Å²) in [5.41, 5.74) is 7.39. The molecule has 1 aromatic heterocycles. The second-order valence-electron chi connectivity index (χ2n) is 6.37. The number of aryl methyl sites for hydroxylation is 1. The first-order valence-corrected chi connectivity index (χ1v) is 8.39. The predicted molar refractivity (Wildman–Crippen MR) is 92.9 cm³/mol. The van der Waals surface area contributed by atoms with Gasteiger partial charge in [-0.2, -0.15) is 4.98 Å². The zero-order chi connectivity index (χ0) is 17.8. The van der Waals surface area contributed by atoms with Crippen LogP contribution in [0.15, 0.2) is 28.8 Å². The number of likely N-dealkylation sites (N-methyl/N-ethyl adjacent to an activating group) is 1. The minimum Gasteiger partial charge on any atom is -0.352 e. The zero-order valence-corrected chi connectivity index (χ0v) is 14.5. The predicted octanol–water partition coefficient (Wildman–Crippen LogP) is 0.906. The van der Waals surface area contributed by atoms with E-state index in [0.29, 0.717) is 18.1 Å². The summed E-state index contributed by atoms with van der Waals surface area (Å²) in [6.07, 6.45) is 0.394. The zero-order valence-electron chi connectivity index (χ0n) is 14.5. The first-order valence-electron chi connectivity index (χ1n) is 8.39. The summed E-state index contributed by atoms with van der Waals surface area (Å²) >= 11 is 0. The Hall–Kier alpha value is -2.45. The Morgan fingerprint density at radius 2 is 2.32 bits per heavy atom. The van der Waals surface area contributed by atoms with Crippen molar-refractivity contribution in [1.82, 2.24) is 25.7 Å². The lowest BCUT2D eigenvalue weighted by molar-refractivity contribution is 0.190. The van der Waals surface area contributed by atoms with Crippen LogP contribution in [0.1, 0.15) is 34.9 Å². The second-order valence-corrected chi connectivity index (χ2v) is 6.37. The molecule has 2 heterocycles. The fraction of sp³-hybridized carbons (Fsp3) is 0.471. The van der Waals surface area contributed by atoms with Gasteiger partial charge in [-0.1, -0.05) is 29.4 Å². The van der Waals surface area contributed by atoms with Crippen LogP contribution in [0, 0.1) is 6.92 Å². The normalized spacial score (nSPS) is 19.5. The Balaban J connectivity index is 1.78. The molecule has 3 rings (SSSR count). The molecule has 1 fully saturated rings. The summed E-state index contributed by atoms with van der Waals surface area (Å²) in [4.78, 5) is 18.1. The van der Waals surface area contributed by atoms with Gasteiger partial charge in [0.15, 0.2) is 5.82 Å². The number of nitrogens with zero attached hydrogens (tertiary/aromatic N) is 3. The van der Waals surface area contributed by atoms with E-state index in [0.717, 1.165) is 30.8 Å². The molecule has 0 spiro atoms.